The number of para-hydroxylation sites is 1. The molecule has 1 N–H and O–H groups in total. The fourth-order valence-electron chi connectivity index (χ4n) is 3.24. The number of aromatic nitrogens is 1. The van der Waals surface area contributed by atoms with Crippen molar-refractivity contribution >= 4 is 27.3 Å². The number of nitrogens with one attached hydrogen (secondary N) is 1. The van der Waals surface area contributed by atoms with E-state index in [1.54, 1.807) is 49.4 Å². The van der Waals surface area contributed by atoms with Crippen molar-refractivity contribution in [2.45, 2.75) is 11.8 Å². The molecule has 32 heavy (non-hydrogen) atoms. The Morgan fingerprint density at radius 3 is 2.19 bits per heavy atom. The van der Waals surface area contributed by atoms with Crippen LogP contribution in [-0.2, 0) is 10.0 Å². The summed E-state index contributed by atoms with van der Waals surface area (Å²) in [5.74, 6) is 0.0313. The maximum Gasteiger partial charge on any atom is 0.277 e. The average Bonchev–Trinajstić information content (AvgIpc) is 3.32. The molecule has 1 amide bonds. The van der Waals surface area contributed by atoms with Gasteiger partial charge >= 0.3 is 0 Å². The summed E-state index contributed by atoms with van der Waals surface area (Å²) in [6, 6.07) is 25.8. The molecule has 1 heterocycles. The predicted octanol–water partition coefficient (Wildman–Crippen LogP) is 4.81. The summed E-state index contributed by atoms with van der Waals surface area (Å²) in [6.07, 6.45) is 0. The van der Waals surface area contributed by atoms with Crippen LogP contribution in [0.15, 0.2) is 100 Å². The second-order valence-corrected chi connectivity index (χ2v) is 8.79. The van der Waals surface area contributed by atoms with Crippen LogP contribution in [0.4, 0.5) is 11.4 Å². The number of nitrogens with zero attached hydrogens (tertiary/aromatic N) is 2. The van der Waals surface area contributed by atoms with Crippen molar-refractivity contribution in [3.05, 3.63) is 96.7 Å². The van der Waals surface area contributed by atoms with Gasteiger partial charge in [-0.2, -0.15) is 0 Å². The zero-order chi connectivity index (χ0) is 22.6. The first-order chi connectivity index (χ1) is 15.5. The lowest BCUT2D eigenvalue weighted by Gasteiger charge is -2.23. The third kappa shape index (κ3) is 4.40. The van der Waals surface area contributed by atoms with Crippen LogP contribution in [0.1, 0.15) is 17.4 Å². The van der Waals surface area contributed by atoms with E-state index in [4.69, 9.17) is 4.52 Å². The van der Waals surface area contributed by atoms with Crippen LogP contribution >= 0.6 is 0 Å². The van der Waals surface area contributed by atoms with E-state index in [0.29, 0.717) is 23.7 Å². The molecule has 8 heteroatoms. The van der Waals surface area contributed by atoms with E-state index in [1.807, 2.05) is 36.4 Å². The first-order valence-corrected chi connectivity index (χ1v) is 11.4. The van der Waals surface area contributed by atoms with Crippen molar-refractivity contribution in [2.75, 3.05) is 16.2 Å². The van der Waals surface area contributed by atoms with Gasteiger partial charge in [-0.3, -0.25) is 9.10 Å². The molecule has 0 fully saturated rings. The molecule has 0 radical (unpaired) electrons. The van der Waals surface area contributed by atoms with Crippen molar-refractivity contribution in [3.63, 3.8) is 0 Å². The highest BCUT2D eigenvalue weighted by atomic mass is 32.2. The number of carbonyl (C=O) groups excluding carboxylic acids is 1. The Hall–Kier alpha value is -3.91. The summed E-state index contributed by atoms with van der Waals surface area (Å²) >= 11 is 0. The molecule has 0 bridgehead atoms. The minimum atomic E-state index is -3.74. The maximum atomic E-state index is 13.1. The number of hydrogen-bond donors (Lipinski definition) is 1. The third-order valence-corrected chi connectivity index (χ3v) is 6.75. The van der Waals surface area contributed by atoms with E-state index in [2.05, 4.69) is 10.5 Å². The molecule has 7 nitrogen and oxygen atoms in total. The molecule has 0 aliphatic carbocycles. The standard InChI is InChI=1S/C24H21N3O4S/c1-2-27(20-11-7-4-8-12-20)32(29,30)21-15-13-19(14-16-21)25-24(28)22-17-23(31-26-22)18-9-5-3-6-10-18/h3-17H,2H2,1H3,(H,25,28). The molecule has 4 rings (SSSR count). The molecule has 4 aromatic rings. The SMILES string of the molecule is CCN(c1ccccc1)S(=O)(=O)c1ccc(NC(=O)c2cc(-c3ccccc3)on2)cc1. The molecule has 3 aromatic carbocycles. The molecule has 0 saturated heterocycles. The monoisotopic (exact) mass is 447 g/mol. The van der Waals surface area contributed by atoms with E-state index in [9.17, 15) is 13.2 Å². The number of sulfonamides is 1. The van der Waals surface area contributed by atoms with Gasteiger partial charge in [-0.1, -0.05) is 53.7 Å². The minimum Gasteiger partial charge on any atom is -0.355 e. The third-order valence-electron chi connectivity index (χ3n) is 4.83. The summed E-state index contributed by atoms with van der Waals surface area (Å²) < 4.78 is 32.7. The van der Waals surface area contributed by atoms with Gasteiger partial charge in [0.2, 0.25) is 0 Å². The molecule has 0 spiro atoms. The van der Waals surface area contributed by atoms with E-state index in [1.165, 1.54) is 16.4 Å². The predicted molar refractivity (Wildman–Crippen MR) is 123 cm³/mol. The van der Waals surface area contributed by atoms with Crippen LogP contribution in [0.3, 0.4) is 0 Å². The number of amides is 1. The Morgan fingerprint density at radius 2 is 1.56 bits per heavy atom. The van der Waals surface area contributed by atoms with Gasteiger partial charge in [-0.15, -0.1) is 0 Å². The van der Waals surface area contributed by atoms with Crippen LogP contribution < -0.4 is 9.62 Å². The highest BCUT2D eigenvalue weighted by Crippen LogP contribution is 2.25. The molecule has 0 atom stereocenters. The highest BCUT2D eigenvalue weighted by Gasteiger charge is 2.23. The fourth-order valence-corrected chi connectivity index (χ4v) is 4.71. The van der Waals surface area contributed by atoms with Crippen LogP contribution in [0.2, 0.25) is 0 Å². The summed E-state index contributed by atoms with van der Waals surface area (Å²) in [6.45, 7) is 2.07. The van der Waals surface area contributed by atoms with Gasteiger partial charge in [0.25, 0.3) is 15.9 Å². The molecule has 0 aliphatic rings. The Labute approximate surface area is 186 Å². The Morgan fingerprint density at radius 1 is 0.938 bits per heavy atom. The second-order valence-electron chi connectivity index (χ2n) is 6.93. The normalized spacial score (nSPS) is 11.2. The lowest BCUT2D eigenvalue weighted by Crippen LogP contribution is -2.30. The van der Waals surface area contributed by atoms with E-state index in [-0.39, 0.29) is 10.6 Å². The molecule has 0 aliphatic heterocycles. The zero-order valence-corrected chi connectivity index (χ0v) is 18.1. The quantitative estimate of drug-likeness (QED) is 0.439. The Bertz CT molecular complexity index is 1300. The van der Waals surface area contributed by atoms with Gasteiger partial charge in [-0.05, 0) is 43.3 Å². The van der Waals surface area contributed by atoms with Gasteiger partial charge in [0.15, 0.2) is 11.5 Å². The molecule has 0 saturated carbocycles. The van der Waals surface area contributed by atoms with E-state index >= 15 is 0 Å². The Balaban J connectivity index is 1.49. The summed E-state index contributed by atoms with van der Waals surface area (Å²) in [5.41, 5.74) is 1.97. The largest absolute Gasteiger partial charge is 0.355 e. The first kappa shape index (κ1) is 21.3. The number of carbonyl (C=O) groups is 1. The summed E-state index contributed by atoms with van der Waals surface area (Å²) in [7, 11) is -3.74. The second kappa shape index (κ2) is 9.07. The van der Waals surface area contributed by atoms with Gasteiger partial charge in [0, 0.05) is 23.9 Å². The number of anilines is 2. The van der Waals surface area contributed by atoms with Crippen molar-refractivity contribution in [3.8, 4) is 11.3 Å². The summed E-state index contributed by atoms with van der Waals surface area (Å²) in [4.78, 5) is 12.7. The van der Waals surface area contributed by atoms with Gasteiger partial charge in [0.05, 0.1) is 10.6 Å². The summed E-state index contributed by atoms with van der Waals surface area (Å²) in [5, 5.41) is 6.53. The van der Waals surface area contributed by atoms with Gasteiger partial charge in [0.1, 0.15) is 0 Å². The van der Waals surface area contributed by atoms with Gasteiger partial charge in [-0.25, -0.2) is 8.42 Å². The number of rotatable bonds is 7. The smallest absolute Gasteiger partial charge is 0.277 e. The lowest BCUT2D eigenvalue weighted by atomic mass is 10.1. The van der Waals surface area contributed by atoms with Crippen molar-refractivity contribution in [1.82, 2.24) is 5.16 Å². The topological polar surface area (TPSA) is 92.5 Å². The van der Waals surface area contributed by atoms with Crippen molar-refractivity contribution in [2.24, 2.45) is 0 Å². The molecular formula is C24H21N3O4S. The average molecular weight is 448 g/mol. The van der Waals surface area contributed by atoms with Gasteiger partial charge < -0.3 is 9.84 Å². The fraction of sp³-hybridized carbons (Fsp3) is 0.0833. The van der Waals surface area contributed by atoms with Crippen molar-refractivity contribution in [1.29, 1.82) is 0 Å². The first-order valence-electron chi connectivity index (χ1n) is 10.0. The zero-order valence-electron chi connectivity index (χ0n) is 17.3. The van der Waals surface area contributed by atoms with Crippen LogP contribution in [-0.4, -0.2) is 26.0 Å². The maximum absolute atomic E-state index is 13.1. The molecule has 1 aromatic heterocycles. The lowest BCUT2D eigenvalue weighted by molar-refractivity contribution is 0.101. The van der Waals surface area contributed by atoms with Crippen molar-refractivity contribution < 1.29 is 17.7 Å². The van der Waals surface area contributed by atoms with Crippen LogP contribution in [0, 0.1) is 0 Å². The minimum absolute atomic E-state index is 0.127. The number of benzene rings is 3. The molecular weight excluding hydrogens is 426 g/mol. The van der Waals surface area contributed by atoms with E-state index < -0.39 is 15.9 Å². The Kier molecular flexibility index (Phi) is 6.04. The molecule has 0 unspecified atom stereocenters. The number of hydrogen-bond acceptors (Lipinski definition) is 5. The highest BCUT2D eigenvalue weighted by molar-refractivity contribution is 7.92. The van der Waals surface area contributed by atoms with Crippen LogP contribution in [0.5, 0.6) is 0 Å². The van der Waals surface area contributed by atoms with E-state index in [0.717, 1.165) is 5.56 Å². The molecule has 162 valence electrons. The van der Waals surface area contributed by atoms with Crippen LogP contribution in [0.25, 0.3) is 11.3 Å².